The van der Waals surface area contributed by atoms with Crippen LogP contribution in [-0.4, -0.2) is 32.1 Å². The van der Waals surface area contributed by atoms with E-state index in [1.165, 1.54) is 16.8 Å². The molecule has 1 heterocycles. The smallest absolute Gasteiger partial charge is 0.223 e. The highest BCUT2D eigenvalue weighted by Gasteiger charge is 2.24. The molecule has 0 bridgehead atoms. The zero-order valence-corrected chi connectivity index (χ0v) is 17.1. The third-order valence-corrected chi connectivity index (χ3v) is 5.46. The number of amides is 1. The molecule has 4 heteroatoms. The van der Waals surface area contributed by atoms with Crippen molar-refractivity contribution in [3.63, 3.8) is 0 Å². The number of piperidine rings is 1. The Morgan fingerprint density at radius 2 is 1.82 bits per heavy atom. The van der Waals surface area contributed by atoms with Crippen molar-refractivity contribution in [2.75, 3.05) is 31.1 Å². The Bertz CT molecular complexity index is 749. The molecule has 0 aliphatic carbocycles. The largest absolute Gasteiger partial charge is 0.494 e. The molecule has 2 aromatic rings. The minimum Gasteiger partial charge on any atom is -0.494 e. The summed E-state index contributed by atoms with van der Waals surface area (Å²) in [4.78, 5) is 14.9. The third-order valence-electron chi connectivity index (χ3n) is 5.46. The van der Waals surface area contributed by atoms with Crippen molar-refractivity contribution in [3.8, 4) is 5.75 Å². The minimum atomic E-state index is 0.136. The van der Waals surface area contributed by atoms with E-state index in [4.69, 9.17) is 4.74 Å². The Morgan fingerprint density at radius 3 is 2.54 bits per heavy atom. The van der Waals surface area contributed by atoms with E-state index >= 15 is 0 Å². The Labute approximate surface area is 168 Å². The molecule has 1 N–H and O–H groups in total. The van der Waals surface area contributed by atoms with E-state index in [0.717, 1.165) is 51.1 Å². The zero-order chi connectivity index (χ0) is 19.8. The summed E-state index contributed by atoms with van der Waals surface area (Å²) in [6, 6.07) is 16.8. The molecule has 0 radical (unpaired) electrons. The van der Waals surface area contributed by atoms with Crippen molar-refractivity contribution in [3.05, 3.63) is 59.7 Å². The molecule has 1 fully saturated rings. The summed E-state index contributed by atoms with van der Waals surface area (Å²) in [5.74, 6) is 1.30. The maximum atomic E-state index is 12.5. The number of hydrogen-bond acceptors (Lipinski definition) is 3. The lowest BCUT2D eigenvalue weighted by Crippen LogP contribution is -2.40. The number of carbonyl (C=O) groups is 1. The normalized spacial score (nSPS) is 14.7. The molecule has 4 nitrogen and oxygen atoms in total. The van der Waals surface area contributed by atoms with E-state index in [1.807, 2.05) is 25.1 Å². The Balaban J connectivity index is 1.38. The fraction of sp³-hybridized carbons (Fsp3) is 0.458. The molecule has 1 amide bonds. The summed E-state index contributed by atoms with van der Waals surface area (Å²) in [6.45, 7) is 7.40. The molecule has 0 unspecified atom stereocenters. The number of anilines is 1. The molecule has 0 saturated carbocycles. The van der Waals surface area contributed by atoms with Crippen molar-refractivity contribution < 1.29 is 9.53 Å². The van der Waals surface area contributed by atoms with Crippen LogP contribution in [0.25, 0.3) is 0 Å². The van der Waals surface area contributed by atoms with E-state index in [-0.39, 0.29) is 11.8 Å². The number of carbonyl (C=O) groups excluding carboxylic acids is 1. The highest BCUT2D eigenvalue weighted by atomic mass is 16.5. The lowest BCUT2D eigenvalue weighted by Gasteiger charge is -2.33. The fourth-order valence-electron chi connectivity index (χ4n) is 3.80. The lowest BCUT2D eigenvalue weighted by molar-refractivity contribution is -0.125. The van der Waals surface area contributed by atoms with E-state index in [9.17, 15) is 4.79 Å². The first-order valence-corrected chi connectivity index (χ1v) is 10.5. The predicted octanol–water partition coefficient (Wildman–Crippen LogP) is 4.36. The van der Waals surface area contributed by atoms with Gasteiger partial charge in [-0.05, 0) is 63.3 Å². The van der Waals surface area contributed by atoms with Gasteiger partial charge in [-0.1, -0.05) is 35.9 Å². The SMILES string of the molecule is CCOc1ccccc1CCCNC(=O)C1CCN(c2ccc(C)cc2)CC1. The van der Waals surface area contributed by atoms with Crippen LogP contribution in [0.5, 0.6) is 5.75 Å². The van der Waals surface area contributed by atoms with Gasteiger partial charge >= 0.3 is 0 Å². The first kappa shape index (κ1) is 20.2. The highest BCUT2D eigenvalue weighted by molar-refractivity contribution is 5.79. The van der Waals surface area contributed by atoms with Gasteiger partial charge < -0.3 is 15.0 Å². The van der Waals surface area contributed by atoms with Crippen LogP contribution < -0.4 is 15.0 Å². The first-order valence-electron chi connectivity index (χ1n) is 10.5. The van der Waals surface area contributed by atoms with Crippen LogP contribution in [0.1, 0.15) is 37.3 Å². The van der Waals surface area contributed by atoms with Crippen LogP contribution in [0.4, 0.5) is 5.69 Å². The summed E-state index contributed by atoms with van der Waals surface area (Å²) in [5, 5.41) is 3.14. The quantitative estimate of drug-likeness (QED) is 0.692. The fourth-order valence-corrected chi connectivity index (χ4v) is 3.80. The topological polar surface area (TPSA) is 41.6 Å². The number of benzene rings is 2. The molecule has 28 heavy (non-hydrogen) atoms. The van der Waals surface area contributed by atoms with E-state index < -0.39 is 0 Å². The van der Waals surface area contributed by atoms with Gasteiger partial charge in [-0.2, -0.15) is 0 Å². The van der Waals surface area contributed by atoms with Crippen LogP contribution in [-0.2, 0) is 11.2 Å². The Morgan fingerprint density at radius 1 is 1.11 bits per heavy atom. The molecule has 1 saturated heterocycles. The molecule has 2 aromatic carbocycles. The van der Waals surface area contributed by atoms with Gasteiger partial charge in [0, 0.05) is 31.2 Å². The van der Waals surface area contributed by atoms with Gasteiger partial charge in [0.25, 0.3) is 0 Å². The summed E-state index contributed by atoms with van der Waals surface area (Å²) in [6.07, 6.45) is 3.69. The standard InChI is InChI=1S/C24H32N2O2/c1-3-28-23-9-5-4-7-20(23)8-6-16-25-24(27)21-14-17-26(18-15-21)22-12-10-19(2)11-13-22/h4-5,7,9-13,21H,3,6,8,14-18H2,1-2H3,(H,25,27). The molecule has 3 rings (SSSR count). The van der Waals surface area contributed by atoms with E-state index in [2.05, 4.69) is 47.5 Å². The van der Waals surface area contributed by atoms with Crippen molar-refractivity contribution >= 4 is 11.6 Å². The van der Waals surface area contributed by atoms with Gasteiger partial charge in [0.1, 0.15) is 5.75 Å². The number of rotatable bonds is 8. The highest BCUT2D eigenvalue weighted by Crippen LogP contribution is 2.24. The molecular weight excluding hydrogens is 348 g/mol. The average molecular weight is 381 g/mol. The average Bonchev–Trinajstić information content (AvgIpc) is 2.73. The molecule has 1 aliphatic rings. The lowest BCUT2D eigenvalue weighted by atomic mass is 9.95. The number of ether oxygens (including phenoxy) is 1. The molecule has 0 aromatic heterocycles. The van der Waals surface area contributed by atoms with Gasteiger partial charge in [0.15, 0.2) is 0 Å². The number of hydrogen-bond donors (Lipinski definition) is 1. The molecule has 1 aliphatic heterocycles. The van der Waals surface area contributed by atoms with Crippen LogP contribution in [0.3, 0.4) is 0 Å². The van der Waals surface area contributed by atoms with Gasteiger partial charge in [-0.25, -0.2) is 0 Å². The van der Waals surface area contributed by atoms with Crippen molar-refractivity contribution in [1.29, 1.82) is 0 Å². The summed E-state index contributed by atoms with van der Waals surface area (Å²) >= 11 is 0. The van der Waals surface area contributed by atoms with Gasteiger partial charge in [0.05, 0.1) is 6.61 Å². The minimum absolute atomic E-state index is 0.136. The van der Waals surface area contributed by atoms with Crippen LogP contribution in [0, 0.1) is 12.8 Å². The summed E-state index contributed by atoms with van der Waals surface area (Å²) in [7, 11) is 0. The number of nitrogens with one attached hydrogen (secondary N) is 1. The molecule has 0 atom stereocenters. The maximum Gasteiger partial charge on any atom is 0.223 e. The van der Waals surface area contributed by atoms with E-state index in [0.29, 0.717) is 6.61 Å². The monoisotopic (exact) mass is 380 g/mol. The molecule has 150 valence electrons. The van der Waals surface area contributed by atoms with Crippen molar-refractivity contribution in [2.45, 2.75) is 39.5 Å². The number of nitrogens with zero attached hydrogens (tertiary/aromatic N) is 1. The number of para-hydroxylation sites is 1. The Kier molecular flexibility index (Phi) is 7.35. The van der Waals surface area contributed by atoms with Crippen LogP contribution in [0.15, 0.2) is 48.5 Å². The maximum absolute atomic E-state index is 12.5. The molecular formula is C24H32N2O2. The second kappa shape index (κ2) is 10.2. The summed E-state index contributed by atoms with van der Waals surface area (Å²) < 4.78 is 5.67. The van der Waals surface area contributed by atoms with Crippen LogP contribution in [0.2, 0.25) is 0 Å². The van der Waals surface area contributed by atoms with Crippen LogP contribution >= 0.6 is 0 Å². The van der Waals surface area contributed by atoms with E-state index in [1.54, 1.807) is 0 Å². The zero-order valence-electron chi connectivity index (χ0n) is 17.1. The van der Waals surface area contributed by atoms with Gasteiger partial charge in [0.2, 0.25) is 5.91 Å². The number of aryl methyl sites for hydroxylation is 2. The van der Waals surface area contributed by atoms with Gasteiger partial charge in [-0.3, -0.25) is 4.79 Å². The third kappa shape index (κ3) is 5.51. The van der Waals surface area contributed by atoms with Crippen molar-refractivity contribution in [1.82, 2.24) is 5.32 Å². The second-order valence-corrected chi connectivity index (χ2v) is 7.53. The van der Waals surface area contributed by atoms with Crippen molar-refractivity contribution in [2.24, 2.45) is 5.92 Å². The first-order chi connectivity index (χ1) is 13.7. The second-order valence-electron chi connectivity index (χ2n) is 7.53. The Hall–Kier alpha value is -2.49. The molecule has 0 spiro atoms. The van der Waals surface area contributed by atoms with Gasteiger partial charge in [-0.15, -0.1) is 0 Å². The predicted molar refractivity (Wildman–Crippen MR) is 115 cm³/mol. The summed E-state index contributed by atoms with van der Waals surface area (Å²) in [5.41, 5.74) is 3.75.